The van der Waals surface area contributed by atoms with Gasteiger partial charge in [0.1, 0.15) is 11.4 Å². The molecule has 1 aliphatic heterocycles. The highest BCUT2D eigenvalue weighted by atomic mass is 32.2. The molecule has 1 fully saturated rings. The number of aromatic nitrogens is 2. The minimum Gasteiger partial charge on any atom is -0.379 e. The van der Waals surface area contributed by atoms with E-state index < -0.39 is 5.54 Å². The van der Waals surface area contributed by atoms with E-state index in [0.29, 0.717) is 42.0 Å². The first-order valence-corrected chi connectivity index (χ1v) is 7.23. The number of hydrogen-bond acceptors (Lipinski definition) is 6. The Labute approximate surface area is 119 Å². The maximum Gasteiger partial charge on any atom is 0.249 e. The highest BCUT2D eigenvalue weighted by Crippen LogP contribution is 2.28. The van der Waals surface area contributed by atoms with Gasteiger partial charge >= 0.3 is 0 Å². The standard InChI is InChI=1S/C13H14FN3O2S/c14-9-3-1-2-4-10(9)20-7-11-16-12(19-17-11)13(15)5-6-18-8-13/h1-4H,5-8,15H2. The summed E-state index contributed by atoms with van der Waals surface area (Å²) < 4.78 is 23.9. The summed E-state index contributed by atoms with van der Waals surface area (Å²) in [6, 6.07) is 6.59. The summed E-state index contributed by atoms with van der Waals surface area (Å²) >= 11 is 1.32. The van der Waals surface area contributed by atoms with E-state index in [1.165, 1.54) is 17.8 Å². The molecule has 0 aliphatic carbocycles. The Balaban J connectivity index is 1.67. The van der Waals surface area contributed by atoms with E-state index in [1.54, 1.807) is 18.2 Å². The van der Waals surface area contributed by atoms with Crippen LogP contribution in [0.5, 0.6) is 0 Å². The lowest BCUT2D eigenvalue weighted by Gasteiger charge is -2.14. The van der Waals surface area contributed by atoms with Crippen LogP contribution < -0.4 is 5.73 Å². The molecule has 1 aromatic carbocycles. The van der Waals surface area contributed by atoms with Gasteiger partial charge in [0, 0.05) is 11.5 Å². The van der Waals surface area contributed by atoms with Crippen LogP contribution in [0.3, 0.4) is 0 Å². The van der Waals surface area contributed by atoms with Crippen LogP contribution in [-0.2, 0) is 16.0 Å². The molecule has 1 saturated heterocycles. The van der Waals surface area contributed by atoms with Gasteiger partial charge in [-0.25, -0.2) is 4.39 Å². The van der Waals surface area contributed by atoms with Gasteiger partial charge < -0.3 is 15.0 Å². The van der Waals surface area contributed by atoms with Crippen LogP contribution in [0.25, 0.3) is 0 Å². The highest BCUT2D eigenvalue weighted by Gasteiger charge is 2.38. The van der Waals surface area contributed by atoms with Crippen molar-refractivity contribution in [3.8, 4) is 0 Å². The lowest BCUT2D eigenvalue weighted by molar-refractivity contribution is 0.166. The summed E-state index contributed by atoms with van der Waals surface area (Å²) in [5.74, 6) is 1.08. The fourth-order valence-electron chi connectivity index (χ4n) is 1.97. The van der Waals surface area contributed by atoms with Crippen LogP contribution >= 0.6 is 11.8 Å². The number of ether oxygens (including phenoxy) is 1. The zero-order valence-electron chi connectivity index (χ0n) is 10.7. The van der Waals surface area contributed by atoms with E-state index in [9.17, 15) is 4.39 Å². The highest BCUT2D eigenvalue weighted by molar-refractivity contribution is 7.98. The zero-order valence-corrected chi connectivity index (χ0v) is 11.5. The van der Waals surface area contributed by atoms with Gasteiger partial charge in [-0.05, 0) is 18.6 Å². The summed E-state index contributed by atoms with van der Waals surface area (Å²) in [5.41, 5.74) is 5.45. The van der Waals surface area contributed by atoms with Crippen molar-refractivity contribution in [1.29, 1.82) is 0 Å². The first-order valence-electron chi connectivity index (χ1n) is 6.24. The molecule has 0 amide bonds. The lowest BCUT2D eigenvalue weighted by Crippen LogP contribution is -2.37. The largest absolute Gasteiger partial charge is 0.379 e. The number of nitrogens with two attached hydrogens (primary N) is 1. The third kappa shape index (κ3) is 2.70. The summed E-state index contributed by atoms with van der Waals surface area (Å²) in [5, 5.41) is 3.89. The molecule has 2 heterocycles. The predicted molar refractivity (Wildman–Crippen MR) is 71.6 cm³/mol. The molecule has 106 valence electrons. The van der Waals surface area contributed by atoms with Crippen molar-refractivity contribution in [2.75, 3.05) is 13.2 Å². The second kappa shape index (κ2) is 5.51. The Kier molecular flexibility index (Phi) is 3.73. The molecule has 20 heavy (non-hydrogen) atoms. The Bertz CT molecular complexity index is 599. The molecular formula is C13H14FN3O2S. The average Bonchev–Trinajstić information content (AvgIpc) is 3.08. The molecule has 7 heteroatoms. The van der Waals surface area contributed by atoms with Crippen molar-refractivity contribution in [3.63, 3.8) is 0 Å². The van der Waals surface area contributed by atoms with Crippen molar-refractivity contribution in [3.05, 3.63) is 41.8 Å². The summed E-state index contributed by atoms with van der Waals surface area (Å²) in [6.45, 7) is 0.979. The lowest BCUT2D eigenvalue weighted by atomic mass is 10.0. The third-order valence-electron chi connectivity index (χ3n) is 3.14. The van der Waals surface area contributed by atoms with Gasteiger partial charge in [0.25, 0.3) is 0 Å². The van der Waals surface area contributed by atoms with Gasteiger partial charge in [0.15, 0.2) is 5.82 Å². The zero-order chi connectivity index (χ0) is 14.0. The molecule has 5 nitrogen and oxygen atoms in total. The number of rotatable bonds is 4. The molecule has 0 radical (unpaired) electrons. The average molecular weight is 295 g/mol. The van der Waals surface area contributed by atoms with Crippen molar-refractivity contribution in [2.45, 2.75) is 22.6 Å². The second-order valence-electron chi connectivity index (χ2n) is 4.69. The van der Waals surface area contributed by atoms with Gasteiger partial charge in [-0.2, -0.15) is 4.98 Å². The van der Waals surface area contributed by atoms with Crippen molar-refractivity contribution < 1.29 is 13.7 Å². The minimum absolute atomic E-state index is 0.249. The van der Waals surface area contributed by atoms with Gasteiger partial charge in [0.05, 0.1) is 12.4 Å². The van der Waals surface area contributed by atoms with Gasteiger partial charge in [-0.15, -0.1) is 11.8 Å². The Morgan fingerprint density at radius 1 is 1.40 bits per heavy atom. The number of benzene rings is 1. The second-order valence-corrected chi connectivity index (χ2v) is 5.71. The van der Waals surface area contributed by atoms with Crippen LogP contribution in [0.15, 0.2) is 33.7 Å². The third-order valence-corrected chi connectivity index (χ3v) is 4.18. The van der Waals surface area contributed by atoms with E-state index in [2.05, 4.69) is 10.1 Å². The summed E-state index contributed by atoms with van der Waals surface area (Å²) in [4.78, 5) is 4.84. The van der Waals surface area contributed by atoms with Crippen molar-refractivity contribution in [1.82, 2.24) is 10.1 Å². The first kappa shape index (κ1) is 13.5. The van der Waals surface area contributed by atoms with Crippen LogP contribution in [0, 0.1) is 5.82 Å². The van der Waals surface area contributed by atoms with Crippen LogP contribution in [0.1, 0.15) is 18.1 Å². The molecule has 0 spiro atoms. The van der Waals surface area contributed by atoms with E-state index in [1.807, 2.05) is 0 Å². The van der Waals surface area contributed by atoms with Gasteiger partial charge in [-0.1, -0.05) is 17.3 Å². The maximum atomic E-state index is 13.5. The first-order chi connectivity index (χ1) is 9.67. The van der Waals surface area contributed by atoms with Crippen molar-refractivity contribution >= 4 is 11.8 Å². The monoisotopic (exact) mass is 295 g/mol. The molecule has 1 atom stereocenters. The number of halogens is 1. The van der Waals surface area contributed by atoms with E-state index in [4.69, 9.17) is 15.0 Å². The Morgan fingerprint density at radius 2 is 2.25 bits per heavy atom. The molecule has 2 aromatic rings. The molecule has 3 rings (SSSR count). The topological polar surface area (TPSA) is 74.2 Å². The maximum absolute atomic E-state index is 13.5. The van der Waals surface area contributed by atoms with Crippen LogP contribution in [0.2, 0.25) is 0 Å². The molecule has 2 N–H and O–H groups in total. The fraction of sp³-hybridized carbons (Fsp3) is 0.385. The van der Waals surface area contributed by atoms with Crippen LogP contribution in [0.4, 0.5) is 4.39 Å². The molecular weight excluding hydrogens is 281 g/mol. The smallest absolute Gasteiger partial charge is 0.249 e. The molecule has 1 aliphatic rings. The van der Waals surface area contributed by atoms with Crippen LogP contribution in [-0.4, -0.2) is 23.4 Å². The molecule has 0 bridgehead atoms. The van der Waals surface area contributed by atoms with E-state index in [-0.39, 0.29) is 5.82 Å². The van der Waals surface area contributed by atoms with Gasteiger partial charge in [0.2, 0.25) is 5.89 Å². The Hall–Kier alpha value is -1.44. The fourth-order valence-corrected chi connectivity index (χ4v) is 2.75. The summed E-state index contributed by atoms with van der Waals surface area (Å²) in [6.07, 6.45) is 0.662. The number of thioether (sulfide) groups is 1. The normalized spacial score (nSPS) is 22.3. The minimum atomic E-state index is -0.687. The quantitative estimate of drug-likeness (QED) is 0.870. The molecule has 1 unspecified atom stereocenters. The van der Waals surface area contributed by atoms with Gasteiger partial charge in [-0.3, -0.25) is 0 Å². The number of hydrogen-bond donors (Lipinski definition) is 1. The molecule has 0 saturated carbocycles. The summed E-state index contributed by atoms with van der Waals surface area (Å²) in [7, 11) is 0. The van der Waals surface area contributed by atoms with Crippen molar-refractivity contribution in [2.24, 2.45) is 5.73 Å². The SMILES string of the molecule is NC1(c2nc(CSc3ccccc3F)no2)CCOC1. The van der Waals surface area contributed by atoms with E-state index >= 15 is 0 Å². The Morgan fingerprint density at radius 3 is 3.00 bits per heavy atom. The molecule has 1 aromatic heterocycles. The number of nitrogens with zero attached hydrogens (tertiary/aromatic N) is 2. The van der Waals surface area contributed by atoms with E-state index in [0.717, 1.165) is 0 Å². The predicted octanol–water partition coefficient (Wildman–Crippen LogP) is 2.08.